The largest absolute Gasteiger partial charge is 0.385 e. The van der Waals surface area contributed by atoms with Gasteiger partial charge in [-0.15, -0.1) is 0 Å². The highest BCUT2D eigenvalue weighted by molar-refractivity contribution is 7.92. The van der Waals surface area contributed by atoms with E-state index in [0.29, 0.717) is 5.69 Å². The lowest BCUT2D eigenvalue weighted by Gasteiger charge is -2.09. The molecule has 0 spiro atoms. The van der Waals surface area contributed by atoms with Crippen LogP contribution in [0, 0.1) is 6.92 Å². The minimum atomic E-state index is -3.58. The first kappa shape index (κ1) is 14.3. The van der Waals surface area contributed by atoms with Crippen molar-refractivity contribution in [1.82, 2.24) is 4.98 Å². The van der Waals surface area contributed by atoms with Crippen LogP contribution in [0.25, 0.3) is 0 Å². The monoisotopic (exact) mass is 291 g/mol. The number of nitrogens with one attached hydrogen (secondary N) is 2. The maximum absolute atomic E-state index is 12.2. The van der Waals surface area contributed by atoms with E-state index in [1.807, 2.05) is 13.8 Å². The number of hydrogen-bond donors (Lipinski definition) is 2. The van der Waals surface area contributed by atoms with E-state index in [9.17, 15) is 8.42 Å². The first-order chi connectivity index (χ1) is 9.51. The van der Waals surface area contributed by atoms with Gasteiger partial charge in [-0.3, -0.25) is 9.71 Å². The average molecular weight is 291 g/mol. The molecular weight excluding hydrogens is 274 g/mol. The van der Waals surface area contributed by atoms with E-state index in [4.69, 9.17) is 0 Å². The summed E-state index contributed by atoms with van der Waals surface area (Å²) in [7, 11) is -3.58. The van der Waals surface area contributed by atoms with E-state index >= 15 is 0 Å². The van der Waals surface area contributed by atoms with Crippen molar-refractivity contribution in [2.24, 2.45) is 0 Å². The topological polar surface area (TPSA) is 71.1 Å². The standard InChI is InChI=1S/C14H17N3O2S/c1-3-15-12-6-8-14(9-7-12)20(18,19)17-13-5-4-11(2)16-10-13/h4-10,15,17H,3H2,1-2H3. The molecule has 0 fully saturated rings. The average Bonchev–Trinajstić information content (AvgIpc) is 2.42. The molecule has 6 heteroatoms. The molecule has 0 aliphatic carbocycles. The van der Waals surface area contributed by atoms with Gasteiger partial charge in [0.2, 0.25) is 0 Å². The van der Waals surface area contributed by atoms with E-state index in [0.717, 1.165) is 17.9 Å². The molecule has 1 aromatic heterocycles. The van der Waals surface area contributed by atoms with Crippen LogP contribution in [0.4, 0.5) is 11.4 Å². The Kier molecular flexibility index (Phi) is 4.24. The summed E-state index contributed by atoms with van der Waals surface area (Å²) in [5.74, 6) is 0. The van der Waals surface area contributed by atoms with E-state index in [1.165, 1.54) is 6.20 Å². The van der Waals surface area contributed by atoms with Gasteiger partial charge in [0.15, 0.2) is 0 Å². The molecule has 1 aromatic carbocycles. The van der Waals surface area contributed by atoms with Crippen LogP contribution in [0.15, 0.2) is 47.5 Å². The third-order valence-electron chi connectivity index (χ3n) is 2.71. The van der Waals surface area contributed by atoms with Crippen molar-refractivity contribution in [3.8, 4) is 0 Å². The Morgan fingerprint density at radius 3 is 2.25 bits per heavy atom. The molecule has 20 heavy (non-hydrogen) atoms. The number of anilines is 2. The van der Waals surface area contributed by atoms with Crippen molar-refractivity contribution in [2.75, 3.05) is 16.6 Å². The number of aromatic nitrogens is 1. The highest BCUT2D eigenvalue weighted by atomic mass is 32.2. The molecule has 0 atom stereocenters. The smallest absolute Gasteiger partial charge is 0.261 e. The molecule has 0 aliphatic heterocycles. The first-order valence-electron chi connectivity index (χ1n) is 6.30. The Labute approximate surface area is 119 Å². The minimum absolute atomic E-state index is 0.222. The highest BCUT2D eigenvalue weighted by Crippen LogP contribution is 2.17. The van der Waals surface area contributed by atoms with Gasteiger partial charge in [0.1, 0.15) is 0 Å². The Hall–Kier alpha value is -2.08. The van der Waals surface area contributed by atoms with Crippen molar-refractivity contribution in [2.45, 2.75) is 18.7 Å². The second-order valence-electron chi connectivity index (χ2n) is 4.35. The van der Waals surface area contributed by atoms with Crippen molar-refractivity contribution < 1.29 is 8.42 Å². The normalized spacial score (nSPS) is 11.1. The zero-order valence-corrected chi connectivity index (χ0v) is 12.2. The van der Waals surface area contributed by atoms with Gasteiger partial charge in [-0.25, -0.2) is 8.42 Å². The van der Waals surface area contributed by atoms with Crippen LogP contribution in [-0.4, -0.2) is 19.9 Å². The van der Waals surface area contributed by atoms with Crippen molar-refractivity contribution >= 4 is 21.4 Å². The fraction of sp³-hybridized carbons (Fsp3) is 0.214. The van der Waals surface area contributed by atoms with Crippen LogP contribution in [-0.2, 0) is 10.0 Å². The van der Waals surface area contributed by atoms with Crippen molar-refractivity contribution in [3.63, 3.8) is 0 Å². The SMILES string of the molecule is CCNc1ccc(S(=O)(=O)Nc2ccc(C)nc2)cc1. The van der Waals surface area contributed by atoms with Gasteiger partial charge < -0.3 is 5.32 Å². The molecule has 2 N–H and O–H groups in total. The molecule has 5 nitrogen and oxygen atoms in total. The Morgan fingerprint density at radius 2 is 1.70 bits per heavy atom. The summed E-state index contributed by atoms with van der Waals surface area (Å²) in [6.07, 6.45) is 1.50. The molecule has 0 saturated heterocycles. The summed E-state index contributed by atoms with van der Waals surface area (Å²) in [5.41, 5.74) is 2.18. The van der Waals surface area contributed by atoms with E-state index < -0.39 is 10.0 Å². The number of sulfonamides is 1. The quantitative estimate of drug-likeness (QED) is 0.888. The molecule has 0 saturated carbocycles. The van der Waals surface area contributed by atoms with Crippen molar-refractivity contribution in [1.29, 1.82) is 0 Å². The Balaban J connectivity index is 2.19. The maximum atomic E-state index is 12.2. The lowest BCUT2D eigenvalue weighted by molar-refractivity contribution is 0.601. The summed E-state index contributed by atoms with van der Waals surface area (Å²) in [6.45, 7) is 4.62. The highest BCUT2D eigenvalue weighted by Gasteiger charge is 2.13. The van der Waals surface area contributed by atoms with Gasteiger partial charge in [-0.2, -0.15) is 0 Å². The predicted octanol–water partition coefficient (Wildman–Crippen LogP) is 2.62. The van der Waals surface area contributed by atoms with Crippen LogP contribution >= 0.6 is 0 Å². The number of pyridine rings is 1. The molecular formula is C14H17N3O2S. The molecule has 106 valence electrons. The number of aryl methyl sites for hydroxylation is 1. The van der Waals surface area contributed by atoms with Crippen LogP contribution < -0.4 is 10.0 Å². The fourth-order valence-corrected chi connectivity index (χ4v) is 2.74. The lowest BCUT2D eigenvalue weighted by atomic mass is 10.3. The zero-order valence-electron chi connectivity index (χ0n) is 11.4. The minimum Gasteiger partial charge on any atom is -0.385 e. The molecule has 0 radical (unpaired) electrons. The zero-order chi connectivity index (χ0) is 14.6. The number of nitrogens with zero attached hydrogens (tertiary/aromatic N) is 1. The van der Waals surface area contributed by atoms with Crippen molar-refractivity contribution in [3.05, 3.63) is 48.3 Å². The Bertz CT molecular complexity index is 665. The first-order valence-corrected chi connectivity index (χ1v) is 7.79. The summed E-state index contributed by atoms with van der Waals surface area (Å²) in [5, 5.41) is 3.12. The maximum Gasteiger partial charge on any atom is 0.261 e. The van der Waals surface area contributed by atoms with E-state index in [2.05, 4.69) is 15.0 Å². The Morgan fingerprint density at radius 1 is 1.05 bits per heavy atom. The molecule has 1 heterocycles. The van der Waals surface area contributed by atoms with Crippen LogP contribution in [0.1, 0.15) is 12.6 Å². The molecule has 2 aromatic rings. The van der Waals surface area contributed by atoms with Gasteiger partial charge in [-0.05, 0) is 50.2 Å². The van der Waals surface area contributed by atoms with Gasteiger partial charge in [-0.1, -0.05) is 0 Å². The summed E-state index contributed by atoms with van der Waals surface area (Å²) in [4.78, 5) is 4.28. The second kappa shape index (κ2) is 5.92. The molecule has 0 aliphatic rings. The summed E-state index contributed by atoms with van der Waals surface area (Å²) >= 11 is 0. The van der Waals surface area contributed by atoms with Crippen LogP contribution in [0.3, 0.4) is 0 Å². The number of hydrogen-bond acceptors (Lipinski definition) is 4. The number of rotatable bonds is 5. The molecule has 2 rings (SSSR count). The summed E-state index contributed by atoms with van der Waals surface area (Å²) in [6, 6.07) is 10.1. The van der Waals surface area contributed by atoms with Crippen LogP contribution in [0.2, 0.25) is 0 Å². The van der Waals surface area contributed by atoms with Gasteiger partial charge in [0.05, 0.1) is 16.8 Å². The number of benzene rings is 1. The predicted molar refractivity (Wildman–Crippen MR) is 80.4 cm³/mol. The van der Waals surface area contributed by atoms with E-state index in [1.54, 1.807) is 36.4 Å². The molecule has 0 bridgehead atoms. The third-order valence-corrected chi connectivity index (χ3v) is 4.11. The fourth-order valence-electron chi connectivity index (χ4n) is 1.70. The second-order valence-corrected chi connectivity index (χ2v) is 6.03. The van der Waals surface area contributed by atoms with Crippen LogP contribution in [0.5, 0.6) is 0 Å². The van der Waals surface area contributed by atoms with Gasteiger partial charge >= 0.3 is 0 Å². The summed E-state index contributed by atoms with van der Waals surface area (Å²) < 4.78 is 26.9. The third kappa shape index (κ3) is 3.48. The van der Waals surface area contributed by atoms with E-state index in [-0.39, 0.29) is 4.90 Å². The molecule has 0 unspecified atom stereocenters. The lowest BCUT2D eigenvalue weighted by Crippen LogP contribution is -2.13. The van der Waals surface area contributed by atoms with Gasteiger partial charge in [0, 0.05) is 17.9 Å². The van der Waals surface area contributed by atoms with Gasteiger partial charge in [0.25, 0.3) is 10.0 Å². The molecule has 0 amide bonds.